The molecule has 1 unspecified atom stereocenters. The Kier molecular flexibility index (Phi) is 5.27. The van der Waals surface area contributed by atoms with Crippen LogP contribution < -0.4 is 10.5 Å². The molecule has 1 atom stereocenters. The van der Waals surface area contributed by atoms with Crippen molar-refractivity contribution in [3.63, 3.8) is 0 Å². The summed E-state index contributed by atoms with van der Waals surface area (Å²) in [4.78, 5) is 4.28. The number of halogens is 2. The first-order chi connectivity index (χ1) is 10.1. The van der Waals surface area contributed by atoms with Crippen LogP contribution in [0.3, 0.4) is 0 Å². The second kappa shape index (κ2) is 7.17. The largest absolute Gasteiger partial charge is 0.434 e. The van der Waals surface area contributed by atoms with Crippen LogP contribution >= 0.6 is 0 Å². The highest BCUT2D eigenvalue weighted by Gasteiger charge is 2.17. The lowest BCUT2D eigenvalue weighted by Gasteiger charge is -2.17. The molecule has 2 rings (SSSR count). The molecule has 0 saturated heterocycles. The number of para-hydroxylation sites is 1. The summed E-state index contributed by atoms with van der Waals surface area (Å²) in [6.45, 7) is 0.0765. The average molecular weight is 295 g/mol. The molecule has 6 heteroatoms. The topological polar surface area (TPSA) is 53.1 Å². The van der Waals surface area contributed by atoms with Crippen LogP contribution in [-0.2, 0) is 13.0 Å². The summed E-state index contributed by atoms with van der Waals surface area (Å²) < 4.78 is 31.4. The van der Waals surface area contributed by atoms with Gasteiger partial charge in [-0.2, -0.15) is 8.78 Å². The van der Waals surface area contributed by atoms with Gasteiger partial charge in [-0.25, -0.2) is 4.98 Å². The number of hydrogen-bond donors (Lipinski definition) is 1. The zero-order chi connectivity index (χ0) is 15.2. The smallest absolute Gasteiger partial charge is 0.387 e. The van der Waals surface area contributed by atoms with E-state index in [0.717, 1.165) is 18.8 Å². The normalized spacial score (nSPS) is 12.6. The van der Waals surface area contributed by atoms with E-state index in [2.05, 4.69) is 16.6 Å². The molecule has 1 aromatic carbocycles. The summed E-state index contributed by atoms with van der Waals surface area (Å²) in [5.74, 6) is 0.963. The fraction of sp³-hybridized carbons (Fsp3) is 0.400. The number of hydrogen-bond acceptors (Lipinski definition) is 3. The lowest BCUT2D eigenvalue weighted by Crippen LogP contribution is -2.18. The molecule has 2 aromatic rings. The highest BCUT2D eigenvalue weighted by molar-refractivity contribution is 5.36. The van der Waals surface area contributed by atoms with E-state index in [1.807, 2.05) is 10.8 Å². The van der Waals surface area contributed by atoms with Gasteiger partial charge in [-0.1, -0.05) is 25.1 Å². The van der Waals surface area contributed by atoms with Crippen molar-refractivity contribution in [3.05, 3.63) is 48.0 Å². The van der Waals surface area contributed by atoms with Crippen molar-refractivity contribution in [2.24, 2.45) is 5.73 Å². The average Bonchev–Trinajstić information content (AvgIpc) is 2.86. The van der Waals surface area contributed by atoms with Gasteiger partial charge in [0.2, 0.25) is 0 Å². The summed E-state index contributed by atoms with van der Waals surface area (Å²) in [6, 6.07) is 6.16. The maximum Gasteiger partial charge on any atom is 0.387 e. The summed E-state index contributed by atoms with van der Waals surface area (Å²) in [7, 11) is 0. The van der Waals surface area contributed by atoms with Gasteiger partial charge in [0.25, 0.3) is 0 Å². The van der Waals surface area contributed by atoms with Gasteiger partial charge in [0.1, 0.15) is 11.6 Å². The van der Waals surface area contributed by atoms with Crippen LogP contribution in [-0.4, -0.2) is 16.2 Å². The molecule has 1 aromatic heterocycles. The second-order valence-corrected chi connectivity index (χ2v) is 4.76. The van der Waals surface area contributed by atoms with Crippen molar-refractivity contribution < 1.29 is 13.5 Å². The Bertz CT molecular complexity index is 572. The molecule has 1 heterocycles. The molecule has 0 saturated carbocycles. The summed E-state index contributed by atoms with van der Waals surface area (Å²) in [5, 5.41) is 0. The predicted octanol–water partition coefficient (Wildman–Crippen LogP) is 3.14. The number of alkyl halides is 2. The number of rotatable bonds is 7. The molecule has 0 aliphatic rings. The summed E-state index contributed by atoms with van der Waals surface area (Å²) >= 11 is 0. The molecule has 0 fully saturated rings. The molecule has 0 bridgehead atoms. The van der Waals surface area contributed by atoms with E-state index >= 15 is 0 Å². The summed E-state index contributed by atoms with van der Waals surface area (Å²) in [6.07, 6.45) is 5.08. The fourth-order valence-corrected chi connectivity index (χ4v) is 2.27. The molecule has 0 aliphatic carbocycles. The van der Waals surface area contributed by atoms with Gasteiger partial charge in [-0.15, -0.1) is 0 Å². The Labute approximate surface area is 122 Å². The van der Waals surface area contributed by atoms with Gasteiger partial charge >= 0.3 is 6.61 Å². The number of aromatic nitrogens is 2. The molecule has 0 aliphatic heterocycles. The van der Waals surface area contributed by atoms with E-state index in [9.17, 15) is 8.78 Å². The van der Waals surface area contributed by atoms with Crippen LogP contribution in [0.25, 0.3) is 0 Å². The highest BCUT2D eigenvalue weighted by atomic mass is 19.3. The van der Waals surface area contributed by atoms with Crippen molar-refractivity contribution in [2.45, 2.75) is 39.0 Å². The minimum atomic E-state index is -2.86. The van der Waals surface area contributed by atoms with E-state index in [0.29, 0.717) is 12.0 Å². The quantitative estimate of drug-likeness (QED) is 0.853. The van der Waals surface area contributed by atoms with E-state index in [1.165, 1.54) is 6.07 Å². The maximum atomic E-state index is 12.4. The van der Waals surface area contributed by atoms with E-state index in [4.69, 9.17) is 5.73 Å². The third-order valence-corrected chi connectivity index (χ3v) is 3.20. The number of benzene rings is 1. The third kappa shape index (κ3) is 4.01. The number of aryl methyl sites for hydroxylation is 1. The van der Waals surface area contributed by atoms with Crippen LogP contribution in [0.5, 0.6) is 5.75 Å². The van der Waals surface area contributed by atoms with Crippen LogP contribution in [0, 0.1) is 0 Å². The minimum Gasteiger partial charge on any atom is -0.434 e. The van der Waals surface area contributed by atoms with Crippen LogP contribution in [0.2, 0.25) is 0 Å². The molecule has 0 spiro atoms. The molecule has 4 nitrogen and oxygen atoms in total. The van der Waals surface area contributed by atoms with E-state index in [1.54, 1.807) is 24.4 Å². The Morgan fingerprint density at radius 2 is 2.10 bits per heavy atom. The lowest BCUT2D eigenvalue weighted by molar-refractivity contribution is -0.0506. The minimum absolute atomic E-state index is 0.119. The van der Waals surface area contributed by atoms with Gasteiger partial charge in [0.15, 0.2) is 0 Å². The van der Waals surface area contributed by atoms with Crippen molar-refractivity contribution in [1.29, 1.82) is 0 Å². The Balaban J connectivity index is 2.16. The van der Waals surface area contributed by atoms with Crippen molar-refractivity contribution in [2.75, 3.05) is 0 Å². The number of ether oxygens (including phenoxy) is 1. The molecule has 114 valence electrons. The van der Waals surface area contributed by atoms with Gasteiger partial charge in [-0.3, -0.25) is 0 Å². The van der Waals surface area contributed by atoms with Crippen LogP contribution in [0.15, 0.2) is 36.7 Å². The van der Waals surface area contributed by atoms with Crippen LogP contribution in [0.1, 0.15) is 30.8 Å². The first kappa shape index (κ1) is 15.4. The van der Waals surface area contributed by atoms with Crippen molar-refractivity contribution in [3.8, 4) is 5.75 Å². The standard InChI is InChI=1S/C15H19F2N3O/c1-2-8-20-9-7-19-14(20)10-12(18)11-5-3-4-6-13(11)21-15(16)17/h3-7,9,12,15H,2,8,10,18H2,1H3. The predicted molar refractivity (Wildman–Crippen MR) is 76.2 cm³/mol. The monoisotopic (exact) mass is 295 g/mol. The molecule has 21 heavy (non-hydrogen) atoms. The number of nitrogens with two attached hydrogens (primary N) is 1. The lowest BCUT2D eigenvalue weighted by atomic mass is 10.0. The van der Waals surface area contributed by atoms with Crippen LogP contribution in [0.4, 0.5) is 8.78 Å². The highest BCUT2D eigenvalue weighted by Crippen LogP contribution is 2.27. The number of imidazole rings is 1. The Morgan fingerprint density at radius 1 is 1.33 bits per heavy atom. The molecule has 0 radical (unpaired) electrons. The molecular formula is C15H19F2N3O. The zero-order valence-corrected chi connectivity index (χ0v) is 11.9. The van der Waals surface area contributed by atoms with E-state index < -0.39 is 12.7 Å². The molecular weight excluding hydrogens is 276 g/mol. The molecule has 2 N–H and O–H groups in total. The van der Waals surface area contributed by atoms with Crippen molar-refractivity contribution in [1.82, 2.24) is 9.55 Å². The first-order valence-corrected chi connectivity index (χ1v) is 6.91. The van der Waals surface area contributed by atoms with Gasteiger partial charge < -0.3 is 15.0 Å². The molecule has 0 amide bonds. The van der Waals surface area contributed by atoms with Gasteiger partial charge in [0.05, 0.1) is 0 Å². The second-order valence-electron chi connectivity index (χ2n) is 4.76. The van der Waals surface area contributed by atoms with E-state index in [-0.39, 0.29) is 5.75 Å². The fourth-order valence-electron chi connectivity index (χ4n) is 2.27. The van der Waals surface area contributed by atoms with Gasteiger partial charge in [-0.05, 0) is 12.5 Å². The van der Waals surface area contributed by atoms with Crippen molar-refractivity contribution >= 4 is 0 Å². The Morgan fingerprint density at radius 3 is 2.81 bits per heavy atom. The maximum absolute atomic E-state index is 12.4. The summed E-state index contributed by atoms with van der Waals surface area (Å²) in [5.41, 5.74) is 6.71. The van der Waals surface area contributed by atoms with Gasteiger partial charge in [0, 0.05) is 37.0 Å². The third-order valence-electron chi connectivity index (χ3n) is 3.20. The zero-order valence-electron chi connectivity index (χ0n) is 11.9. The number of nitrogens with zero attached hydrogens (tertiary/aromatic N) is 2. The first-order valence-electron chi connectivity index (χ1n) is 6.91. The Hall–Kier alpha value is -1.95. The SMILES string of the molecule is CCCn1ccnc1CC(N)c1ccccc1OC(F)F.